The van der Waals surface area contributed by atoms with Crippen LogP contribution in [0, 0.1) is 0 Å². The average molecular weight is 276 g/mol. The molecular weight excluding hydrogens is 262 g/mol. The molecule has 0 bridgehead atoms. The molecule has 0 fully saturated rings. The van der Waals surface area contributed by atoms with Crippen molar-refractivity contribution in [1.82, 2.24) is 0 Å². The van der Waals surface area contributed by atoms with Gasteiger partial charge >= 0.3 is 0 Å². The van der Waals surface area contributed by atoms with Crippen LogP contribution in [0.4, 0.5) is 14.5 Å². The Balaban J connectivity index is 3.18. The van der Waals surface area contributed by atoms with E-state index in [1.807, 2.05) is 18.4 Å². The maximum Gasteiger partial charge on any atom is 0.255 e. The molecule has 2 N–H and O–H groups in total. The maximum atomic E-state index is 12.4. The van der Waals surface area contributed by atoms with Gasteiger partial charge in [-0.3, -0.25) is 0 Å². The minimum Gasteiger partial charge on any atom is -0.389 e. The lowest BCUT2D eigenvalue weighted by molar-refractivity contribution is 0.156. The van der Waals surface area contributed by atoms with Crippen molar-refractivity contribution in [2.24, 2.45) is 5.73 Å². The zero-order chi connectivity index (χ0) is 13.0. The Morgan fingerprint density at radius 1 is 1.53 bits per heavy atom. The SMILES string of the molecule is CSc1cccc(N(C)CC(F)F)c1C(N)=S. The second-order valence-corrected chi connectivity index (χ2v) is 4.78. The van der Waals surface area contributed by atoms with Crippen molar-refractivity contribution in [2.75, 3.05) is 24.7 Å². The predicted molar refractivity (Wildman–Crippen MR) is 73.4 cm³/mol. The second-order valence-electron chi connectivity index (χ2n) is 3.49. The summed E-state index contributed by atoms with van der Waals surface area (Å²) < 4.78 is 24.8. The van der Waals surface area contributed by atoms with E-state index < -0.39 is 6.43 Å². The summed E-state index contributed by atoms with van der Waals surface area (Å²) in [6, 6.07) is 5.43. The Kier molecular flexibility index (Phi) is 5.14. The quantitative estimate of drug-likeness (QED) is 0.661. The van der Waals surface area contributed by atoms with Crippen molar-refractivity contribution < 1.29 is 8.78 Å². The number of nitrogens with zero attached hydrogens (tertiary/aromatic N) is 1. The average Bonchev–Trinajstić information content (AvgIpc) is 2.26. The minimum absolute atomic E-state index is 0.228. The lowest BCUT2D eigenvalue weighted by Crippen LogP contribution is -2.27. The molecule has 0 amide bonds. The fourth-order valence-corrected chi connectivity index (χ4v) is 2.47. The number of thioether (sulfide) groups is 1. The van der Waals surface area contributed by atoms with E-state index in [4.69, 9.17) is 18.0 Å². The first-order chi connectivity index (χ1) is 7.97. The number of rotatable bonds is 5. The fraction of sp³-hybridized carbons (Fsp3) is 0.364. The number of thiocarbonyl (C=S) groups is 1. The maximum absolute atomic E-state index is 12.4. The van der Waals surface area contributed by atoms with Crippen LogP contribution in [0.5, 0.6) is 0 Å². The fourth-order valence-electron chi connectivity index (χ4n) is 1.56. The zero-order valence-electron chi connectivity index (χ0n) is 9.61. The summed E-state index contributed by atoms with van der Waals surface area (Å²) in [4.78, 5) is 2.60. The topological polar surface area (TPSA) is 29.3 Å². The van der Waals surface area contributed by atoms with Crippen molar-refractivity contribution in [3.8, 4) is 0 Å². The van der Waals surface area contributed by atoms with Crippen molar-refractivity contribution >= 4 is 34.7 Å². The molecule has 0 radical (unpaired) electrons. The van der Waals surface area contributed by atoms with E-state index in [0.717, 1.165) is 4.90 Å². The van der Waals surface area contributed by atoms with Gasteiger partial charge in [0, 0.05) is 23.2 Å². The Morgan fingerprint density at radius 3 is 2.65 bits per heavy atom. The zero-order valence-corrected chi connectivity index (χ0v) is 11.2. The van der Waals surface area contributed by atoms with Crippen LogP contribution in [0.1, 0.15) is 5.56 Å². The van der Waals surface area contributed by atoms with E-state index in [0.29, 0.717) is 11.3 Å². The van der Waals surface area contributed by atoms with E-state index in [1.165, 1.54) is 16.7 Å². The van der Waals surface area contributed by atoms with Crippen LogP contribution in [0.25, 0.3) is 0 Å². The van der Waals surface area contributed by atoms with E-state index in [9.17, 15) is 8.78 Å². The second kappa shape index (κ2) is 6.16. The van der Waals surface area contributed by atoms with Crippen LogP contribution in [0.2, 0.25) is 0 Å². The molecule has 1 rings (SSSR count). The molecule has 0 heterocycles. The Bertz CT molecular complexity index is 410. The highest BCUT2D eigenvalue weighted by Gasteiger charge is 2.16. The van der Waals surface area contributed by atoms with Gasteiger partial charge in [-0.1, -0.05) is 18.3 Å². The summed E-state index contributed by atoms with van der Waals surface area (Å²) in [5.41, 5.74) is 6.97. The van der Waals surface area contributed by atoms with E-state index >= 15 is 0 Å². The normalized spacial score (nSPS) is 10.6. The van der Waals surface area contributed by atoms with Crippen molar-refractivity contribution in [3.05, 3.63) is 23.8 Å². The predicted octanol–water partition coefficient (Wildman–Crippen LogP) is 2.74. The number of alkyl halides is 2. The smallest absolute Gasteiger partial charge is 0.255 e. The van der Waals surface area contributed by atoms with E-state index in [2.05, 4.69) is 0 Å². The van der Waals surface area contributed by atoms with Crippen LogP contribution < -0.4 is 10.6 Å². The molecule has 0 aliphatic heterocycles. The third kappa shape index (κ3) is 3.54. The van der Waals surface area contributed by atoms with Crippen LogP contribution in [0.3, 0.4) is 0 Å². The highest BCUT2D eigenvalue weighted by atomic mass is 32.2. The third-order valence-electron chi connectivity index (χ3n) is 2.29. The first kappa shape index (κ1) is 14.2. The van der Waals surface area contributed by atoms with Gasteiger partial charge in [-0.05, 0) is 18.4 Å². The van der Waals surface area contributed by atoms with Gasteiger partial charge in [-0.2, -0.15) is 0 Å². The Morgan fingerprint density at radius 2 is 2.18 bits per heavy atom. The Hall–Kier alpha value is -0.880. The van der Waals surface area contributed by atoms with Gasteiger partial charge in [0.1, 0.15) is 4.99 Å². The first-order valence-electron chi connectivity index (χ1n) is 4.93. The molecule has 2 nitrogen and oxygen atoms in total. The molecule has 0 aromatic heterocycles. The molecule has 1 aromatic carbocycles. The number of anilines is 1. The van der Waals surface area contributed by atoms with Gasteiger partial charge in [0.2, 0.25) is 0 Å². The highest BCUT2D eigenvalue weighted by Crippen LogP contribution is 2.29. The molecule has 0 aliphatic rings. The molecule has 0 atom stereocenters. The van der Waals surface area contributed by atoms with Gasteiger partial charge in [0.25, 0.3) is 6.43 Å². The number of halogens is 2. The van der Waals surface area contributed by atoms with Crippen LogP contribution in [0.15, 0.2) is 23.1 Å². The number of benzene rings is 1. The number of hydrogen-bond donors (Lipinski definition) is 1. The monoisotopic (exact) mass is 276 g/mol. The molecule has 94 valence electrons. The molecule has 0 unspecified atom stereocenters. The molecule has 0 saturated heterocycles. The van der Waals surface area contributed by atoms with Gasteiger partial charge in [-0.25, -0.2) is 8.78 Å². The van der Waals surface area contributed by atoms with Crippen molar-refractivity contribution in [1.29, 1.82) is 0 Å². The minimum atomic E-state index is -2.39. The van der Waals surface area contributed by atoms with Crippen LogP contribution >= 0.6 is 24.0 Å². The van der Waals surface area contributed by atoms with Gasteiger partial charge in [0.15, 0.2) is 0 Å². The summed E-state index contributed by atoms with van der Waals surface area (Å²) >= 11 is 6.48. The third-order valence-corrected chi connectivity index (χ3v) is 3.28. The molecule has 0 spiro atoms. The van der Waals surface area contributed by atoms with Gasteiger partial charge < -0.3 is 10.6 Å². The van der Waals surface area contributed by atoms with Crippen molar-refractivity contribution in [2.45, 2.75) is 11.3 Å². The summed E-state index contributed by atoms with van der Waals surface area (Å²) in [5.74, 6) is 0. The van der Waals surface area contributed by atoms with Crippen LogP contribution in [-0.4, -0.2) is 31.3 Å². The largest absolute Gasteiger partial charge is 0.389 e. The lowest BCUT2D eigenvalue weighted by Gasteiger charge is -2.23. The molecule has 17 heavy (non-hydrogen) atoms. The molecule has 6 heteroatoms. The van der Waals surface area contributed by atoms with Crippen molar-refractivity contribution in [3.63, 3.8) is 0 Å². The van der Waals surface area contributed by atoms with E-state index in [1.54, 1.807) is 13.1 Å². The standard InChI is InChI=1S/C11H14F2N2S2/c1-15(6-9(12)13)7-4-3-5-8(17-2)10(7)11(14)16/h3-5,9H,6H2,1-2H3,(H2,14,16). The summed E-state index contributed by atoms with van der Waals surface area (Å²) in [5, 5.41) is 0. The molecule has 0 saturated carbocycles. The lowest BCUT2D eigenvalue weighted by atomic mass is 10.1. The highest BCUT2D eigenvalue weighted by molar-refractivity contribution is 7.98. The number of nitrogens with two attached hydrogens (primary N) is 1. The molecule has 1 aromatic rings. The van der Waals surface area contributed by atoms with Crippen LogP contribution in [-0.2, 0) is 0 Å². The van der Waals surface area contributed by atoms with E-state index in [-0.39, 0.29) is 11.5 Å². The first-order valence-corrected chi connectivity index (χ1v) is 6.56. The van der Waals surface area contributed by atoms with Gasteiger partial charge in [-0.15, -0.1) is 11.8 Å². The summed E-state index contributed by atoms with van der Waals surface area (Å²) in [6.45, 7) is -0.340. The summed E-state index contributed by atoms with van der Waals surface area (Å²) in [6.07, 6.45) is -0.495. The van der Waals surface area contributed by atoms with Gasteiger partial charge in [0.05, 0.1) is 6.54 Å². The molecular formula is C11H14F2N2S2. The number of hydrogen-bond acceptors (Lipinski definition) is 3. The molecule has 0 aliphatic carbocycles. The Labute approximate surface area is 109 Å². The summed E-state index contributed by atoms with van der Waals surface area (Å²) in [7, 11) is 1.60.